The normalized spacial score (nSPS) is 10.8. The molecular weight excluding hydrogens is 194 g/mol. The van der Waals surface area contributed by atoms with Gasteiger partial charge in [-0.2, -0.15) is 0 Å². The van der Waals surface area contributed by atoms with Gasteiger partial charge < -0.3 is 4.98 Å². The lowest BCUT2D eigenvalue weighted by atomic mass is 10.1. The van der Waals surface area contributed by atoms with E-state index in [2.05, 4.69) is 66.5 Å². The van der Waals surface area contributed by atoms with E-state index in [0.29, 0.717) is 0 Å². The molecule has 3 aromatic rings. The van der Waals surface area contributed by atoms with E-state index in [-0.39, 0.29) is 0 Å². The van der Waals surface area contributed by atoms with Crippen molar-refractivity contribution in [2.45, 2.75) is 6.92 Å². The number of H-pyrrole nitrogens is 1. The van der Waals surface area contributed by atoms with Crippen LogP contribution in [0.1, 0.15) is 5.69 Å². The van der Waals surface area contributed by atoms with Crippen LogP contribution in [0.4, 0.5) is 0 Å². The first kappa shape index (κ1) is 9.22. The third-order valence-electron chi connectivity index (χ3n) is 2.89. The van der Waals surface area contributed by atoms with Gasteiger partial charge in [0.05, 0.1) is 0 Å². The largest absolute Gasteiger partial charge is 0.359 e. The Balaban J connectivity index is 2.18. The fourth-order valence-corrected chi connectivity index (χ4v) is 2.03. The first-order valence-corrected chi connectivity index (χ1v) is 5.48. The van der Waals surface area contributed by atoms with E-state index in [1.54, 1.807) is 0 Å². The molecule has 0 amide bonds. The molecule has 0 saturated heterocycles. The summed E-state index contributed by atoms with van der Waals surface area (Å²) in [4.78, 5) is 3.36. The average molecular weight is 207 g/mol. The van der Waals surface area contributed by atoms with Crippen molar-refractivity contribution in [2.75, 3.05) is 0 Å². The fourth-order valence-electron chi connectivity index (χ4n) is 2.03. The molecular formula is C15H13N. The molecule has 0 unspecified atom stereocenters. The smallest absolute Gasteiger partial charge is 0.0456 e. The molecule has 16 heavy (non-hydrogen) atoms. The van der Waals surface area contributed by atoms with E-state index in [1.807, 2.05) is 0 Å². The lowest BCUT2D eigenvalue weighted by Gasteiger charge is -2.01. The van der Waals surface area contributed by atoms with E-state index in [1.165, 1.54) is 27.7 Å². The molecule has 0 aliphatic rings. The van der Waals surface area contributed by atoms with Gasteiger partial charge in [0.2, 0.25) is 0 Å². The van der Waals surface area contributed by atoms with Crippen molar-refractivity contribution < 1.29 is 0 Å². The summed E-state index contributed by atoms with van der Waals surface area (Å²) in [5, 5.41) is 2.57. The lowest BCUT2D eigenvalue weighted by molar-refractivity contribution is 1.27. The van der Waals surface area contributed by atoms with Crippen LogP contribution in [0, 0.1) is 6.92 Å². The van der Waals surface area contributed by atoms with Gasteiger partial charge in [0.25, 0.3) is 0 Å². The predicted molar refractivity (Wildman–Crippen MR) is 68.5 cm³/mol. The van der Waals surface area contributed by atoms with E-state index >= 15 is 0 Å². The number of aryl methyl sites for hydroxylation is 1. The van der Waals surface area contributed by atoms with Crippen molar-refractivity contribution in [3.8, 4) is 11.3 Å². The first-order chi connectivity index (χ1) is 7.83. The van der Waals surface area contributed by atoms with Gasteiger partial charge >= 0.3 is 0 Å². The molecule has 0 aliphatic carbocycles. The van der Waals surface area contributed by atoms with Crippen LogP contribution >= 0.6 is 0 Å². The van der Waals surface area contributed by atoms with Crippen LogP contribution in [-0.2, 0) is 0 Å². The van der Waals surface area contributed by atoms with Gasteiger partial charge in [-0.05, 0) is 41.5 Å². The van der Waals surface area contributed by atoms with E-state index in [9.17, 15) is 0 Å². The Bertz CT molecular complexity index is 634. The third kappa shape index (κ3) is 1.50. The second-order valence-electron chi connectivity index (χ2n) is 4.12. The van der Waals surface area contributed by atoms with Gasteiger partial charge in [0, 0.05) is 11.4 Å². The number of rotatable bonds is 1. The van der Waals surface area contributed by atoms with Crippen LogP contribution in [0.5, 0.6) is 0 Å². The van der Waals surface area contributed by atoms with Crippen LogP contribution < -0.4 is 0 Å². The molecule has 2 aromatic carbocycles. The van der Waals surface area contributed by atoms with E-state index in [4.69, 9.17) is 0 Å². The highest BCUT2D eigenvalue weighted by molar-refractivity contribution is 5.86. The number of hydrogen-bond donors (Lipinski definition) is 1. The maximum absolute atomic E-state index is 3.36. The van der Waals surface area contributed by atoms with Crippen molar-refractivity contribution in [3.05, 3.63) is 60.3 Å². The van der Waals surface area contributed by atoms with Crippen LogP contribution in [0.25, 0.3) is 22.0 Å². The highest BCUT2D eigenvalue weighted by Crippen LogP contribution is 2.23. The number of nitrogens with one attached hydrogen (secondary N) is 1. The molecule has 0 saturated carbocycles. The minimum absolute atomic E-state index is 1.18. The average Bonchev–Trinajstić information content (AvgIpc) is 2.75. The maximum atomic E-state index is 3.36. The monoisotopic (exact) mass is 207 g/mol. The van der Waals surface area contributed by atoms with Gasteiger partial charge in [0.1, 0.15) is 0 Å². The zero-order valence-electron chi connectivity index (χ0n) is 9.20. The number of fused-ring (bicyclic) bond motifs is 1. The van der Waals surface area contributed by atoms with Crippen LogP contribution in [0.15, 0.2) is 54.6 Å². The summed E-state index contributed by atoms with van der Waals surface area (Å²) in [5.41, 5.74) is 3.62. The van der Waals surface area contributed by atoms with Crippen molar-refractivity contribution >= 4 is 10.8 Å². The summed E-state index contributed by atoms with van der Waals surface area (Å²) in [7, 11) is 0. The van der Waals surface area contributed by atoms with Crippen LogP contribution in [-0.4, -0.2) is 4.98 Å². The Kier molecular flexibility index (Phi) is 2.03. The number of hydrogen-bond acceptors (Lipinski definition) is 0. The minimum atomic E-state index is 1.18. The predicted octanol–water partition coefficient (Wildman–Crippen LogP) is 4.14. The zero-order chi connectivity index (χ0) is 11.0. The van der Waals surface area contributed by atoms with Gasteiger partial charge in [0.15, 0.2) is 0 Å². The number of aromatic amines is 1. The standard InChI is InChI=1S/C15H13N/c1-11-6-9-15(16-11)14-8-7-12-4-2-3-5-13(12)10-14/h2-10,16H,1H3. The van der Waals surface area contributed by atoms with Crippen molar-refractivity contribution in [1.29, 1.82) is 0 Å². The molecule has 3 rings (SSSR count). The summed E-state index contributed by atoms with van der Waals surface area (Å²) >= 11 is 0. The summed E-state index contributed by atoms with van der Waals surface area (Å²) in [6, 6.07) is 19.2. The lowest BCUT2D eigenvalue weighted by Crippen LogP contribution is -1.79. The minimum Gasteiger partial charge on any atom is -0.359 e. The SMILES string of the molecule is Cc1ccc(-c2ccc3ccccc3c2)[nH]1. The van der Waals surface area contributed by atoms with Crippen molar-refractivity contribution in [1.82, 2.24) is 4.98 Å². The molecule has 0 aliphatic heterocycles. The Morgan fingerprint density at radius 2 is 1.62 bits per heavy atom. The van der Waals surface area contributed by atoms with Gasteiger partial charge in [-0.1, -0.05) is 36.4 Å². The van der Waals surface area contributed by atoms with Crippen molar-refractivity contribution in [3.63, 3.8) is 0 Å². The maximum Gasteiger partial charge on any atom is 0.0456 e. The van der Waals surface area contributed by atoms with Crippen LogP contribution in [0.3, 0.4) is 0 Å². The van der Waals surface area contributed by atoms with Crippen molar-refractivity contribution in [2.24, 2.45) is 0 Å². The molecule has 78 valence electrons. The molecule has 0 fully saturated rings. The van der Waals surface area contributed by atoms with Gasteiger partial charge in [-0.15, -0.1) is 0 Å². The molecule has 1 aromatic heterocycles. The summed E-state index contributed by atoms with van der Waals surface area (Å²) in [6.45, 7) is 2.07. The molecule has 0 spiro atoms. The summed E-state index contributed by atoms with van der Waals surface area (Å²) < 4.78 is 0. The van der Waals surface area contributed by atoms with E-state index < -0.39 is 0 Å². The Morgan fingerprint density at radius 3 is 2.38 bits per heavy atom. The highest BCUT2D eigenvalue weighted by Gasteiger charge is 2.00. The molecule has 0 bridgehead atoms. The van der Waals surface area contributed by atoms with E-state index in [0.717, 1.165) is 0 Å². The molecule has 0 atom stereocenters. The molecule has 1 heterocycles. The Labute approximate surface area is 94.7 Å². The number of benzene rings is 2. The second kappa shape index (κ2) is 3.53. The van der Waals surface area contributed by atoms with Crippen LogP contribution in [0.2, 0.25) is 0 Å². The Morgan fingerprint density at radius 1 is 0.812 bits per heavy atom. The summed E-state index contributed by atoms with van der Waals surface area (Å²) in [5.74, 6) is 0. The number of aromatic nitrogens is 1. The fraction of sp³-hybridized carbons (Fsp3) is 0.0667. The third-order valence-corrected chi connectivity index (χ3v) is 2.89. The van der Waals surface area contributed by atoms with Gasteiger partial charge in [-0.3, -0.25) is 0 Å². The molecule has 1 nitrogen and oxygen atoms in total. The highest BCUT2D eigenvalue weighted by atomic mass is 14.7. The topological polar surface area (TPSA) is 15.8 Å². The zero-order valence-corrected chi connectivity index (χ0v) is 9.20. The Hall–Kier alpha value is -2.02. The quantitative estimate of drug-likeness (QED) is 0.617. The van der Waals surface area contributed by atoms with Gasteiger partial charge in [-0.25, -0.2) is 0 Å². The molecule has 0 radical (unpaired) electrons. The molecule has 1 heteroatoms. The summed E-state index contributed by atoms with van der Waals surface area (Å²) in [6.07, 6.45) is 0. The molecule has 1 N–H and O–H groups in total. The second-order valence-corrected chi connectivity index (χ2v) is 4.12. The first-order valence-electron chi connectivity index (χ1n) is 5.48.